The maximum Gasteiger partial charge on any atom is 0.259 e. The standard InChI is InChI=1S/C26H33N5O4S/c27-25-24-20(17-36(33,34)30-25)7-4-10-22(24)35-16-18-6-5-13-31(15-18)23-14-19(11-12-28-23)26(32)29-21-8-2-1-3-9-21/h4,7,10-12,14,18,21H,1-3,5-6,8-9,13,15-17H2,(H2,27,30)(H,29,32)/t18-/m0/s1. The van der Waals surface area contributed by atoms with Crippen molar-refractivity contribution in [1.29, 1.82) is 0 Å². The minimum atomic E-state index is -3.59. The Labute approximate surface area is 212 Å². The van der Waals surface area contributed by atoms with Crippen LogP contribution in [0.5, 0.6) is 5.75 Å². The molecule has 5 rings (SSSR count). The quantitative estimate of drug-likeness (QED) is 0.610. The molecule has 1 saturated heterocycles. The van der Waals surface area contributed by atoms with E-state index in [9.17, 15) is 13.2 Å². The molecule has 1 atom stereocenters. The number of carbonyl (C=O) groups is 1. The minimum absolute atomic E-state index is 0.0235. The normalized spacial score (nSPS) is 21.8. The minimum Gasteiger partial charge on any atom is -0.492 e. The molecule has 3 N–H and O–H groups in total. The maximum absolute atomic E-state index is 12.8. The molecule has 3 aliphatic rings. The summed E-state index contributed by atoms with van der Waals surface area (Å²) in [6.07, 6.45) is 9.40. The van der Waals surface area contributed by atoms with Crippen LogP contribution in [0.2, 0.25) is 0 Å². The van der Waals surface area contributed by atoms with E-state index in [-0.39, 0.29) is 29.5 Å². The van der Waals surface area contributed by atoms with Crippen LogP contribution in [-0.4, -0.2) is 50.9 Å². The first-order valence-electron chi connectivity index (χ1n) is 12.7. The largest absolute Gasteiger partial charge is 0.492 e. The van der Waals surface area contributed by atoms with Gasteiger partial charge in [0.25, 0.3) is 15.9 Å². The van der Waals surface area contributed by atoms with Crippen molar-refractivity contribution in [2.45, 2.75) is 56.7 Å². The Kier molecular flexibility index (Phi) is 7.13. The van der Waals surface area contributed by atoms with Crippen molar-refractivity contribution in [3.8, 4) is 5.75 Å². The first kappa shape index (κ1) is 24.5. The van der Waals surface area contributed by atoms with Crippen LogP contribution in [0.15, 0.2) is 40.9 Å². The highest BCUT2D eigenvalue weighted by atomic mass is 32.2. The van der Waals surface area contributed by atoms with Crippen LogP contribution in [0.3, 0.4) is 0 Å². The molecule has 0 unspecified atom stereocenters. The van der Waals surface area contributed by atoms with Gasteiger partial charge in [-0.15, -0.1) is 4.40 Å². The summed E-state index contributed by atoms with van der Waals surface area (Å²) < 4.78 is 33.7. The Hall–Kier alpha value is -3.14. The number of benzene rings is 1. The molecular formula is C26H33N5O4S. The van der Waals surface area contributed by atoms with E-state index in [0.717, 1.165) is 44.6 Å². The van der Waals surface area contributed by atoms with E-state index in [0.29, 0.717) is 29.0 Å². The number of sulfonamides is 1. The molecule has 9 nitrogen and oxygen atoms in total. The van der Waals surface area contributed by atoms with Gasteiger partial charge in [-0.2, -0.15) is 0 Å². The number of nitrogens with two attached hydrogens (primary N) is 1. The number of hydrogen-bond donors (Lipinski definition) is 2. The summed E-state index contributed by atoms with van der Waals surface area (Å²) >= 11 is 0. The number of hydrogen-bond acceptors (Lipinski definition) is 7. The molecular weight excluding hydrogens is 478 g/mol. The van der Waals surface area contributed by atoms with Crippen LogP contribution < -0.4 is 20.7 Å². The lowest BCUT2D eigenvalue weighted by Crippen LogP contribution is -2.39. The number of aromatic nitrogens is 1. The van der Waals surface area contributed by atoms with Gasteiger partial charge in [-0.05, 0) is 49.4 Å². The third kappa shape index (κ3) is 5.64. The Bertz CT molecular complexity index is 1260. The van der Waals surface area contributed by atoms with Crippen molar-refractivity contribution >= 4 is 27.6 Å². The molecule has 3 heterocycles. The smallest absolute Gasteiger partial charge is 0.259 e. The molecule has 36 heavy (non-hydrogen) atoms. The van der Waals surface area contributed by atoms with Gasteiger partial charge in [0.15, 0.2) is 0 Å². The van der Waals surface area contributed by atoms with Crippen LogP contribution in [0.1, 0.15) is 66.4 Å². The van der Waals surface area contributed by atoms with E-state index in [1.165, 1.54) is 19.3 Å². The third-order valence-electron chi connectivity index (χ3n) is 7.21. The van der Waals surface area contributed by atoms with Gasteiger partial charge in [-0.25, -0.2) is 13.4 Å². The number of nitrogens with one attached hydrogen (secondary N) is 1. The van der Waals surface area contributed by atoms with Gasteiger partial charge < -0.3 is 20.7 Å². The average Bonchev–Trinajstić information content (AvgIpc) is 2.87. The van der Waals surface area contributed by atoms with E-state index < -0.39 is 10.0 Å². The molecule has 2 aromatic rings. The zero-order valence-corrected chi connectivity index (χ0v) is 21.2. The fourth-order valence-corrected chi connectivity index (χ4v) is 6.49. The Morgan fingerprint density at radius 1 is 1.14 bits per heavy atom. The maximum atomic E-state index is 12.8. The van der Waals surface area contributed by atoms with E-state index >= 15 is 0 Å². The molecule has 0 bridgehead atoms. The van der Waals surface area contributed by atoms with Gasteiger partial charge in [-0.3, -0.25) is 4.79 Å². The summed E-state index contributed by atoms with van der Waals surface area (Å²) in [6.45, 7) is 2.10. The second-order valence-electron chi connectivity index (χ2n) is 9.97. The van der Waals surface area contributed by atoms with Crippen LogP contribution in [0.25, 0.3) is 0 Å². The molecule has 2 aliphatic heterocycles. The number of pyridine rings is 1. The van der Waals surface area contributed by atoms with Crippen LogP contribution >= 0.6 is 0 Å². The van der Waals surface area contributed by atoms with Gasteiger partial charge in [0.2, 0.25) is 0 Å². The number of piperidine rings is 1. The first-order chi connectivity index (χ1) is 17.4. The van der Waals surface area contributed by atoms with Crippen molar-refractivity contribution in [3.05, 3.63) is 53.2 Å². The molecule has 1 aromatic carbocycles. The second kappa shape index (κ2) is 10.5. The lowest BCUT2D eigenvalue weighted by molar-refractivity contribution is 0.0927. The molecule has 1 amide bonds. The number of ether oxygens (including phenoxy) is 1. The van der Waals surface area contributed by atoms with Crippen LogP contribution in [0.4, 0.5) is 5.82 Å². The highest BCUT2D eigenvalue weighted by Gasteiger charge is 2.27. The van der Waals surface area contributed by atoms with Gasteiger partial charge in [-0.1, -0.05) is 31.4 Å². The number of carbonyl (C=O) groups excluding carboxylic acids is 1. The van der Waals surface area contributed by atoms with E-state index in [4.69, 9.17) is 10.5 Å². The monoisotopic (exact) mass is 511 g/mol. The second-order valence-corrected chi connectivity index (χ2v) is 11.6. The summed E-state index contributed by atoms with van der Waals surface area (Å²) in [7, 11) is -3.59. The third-order valence-corrected chi connectivity index (χ3v) is 8.36. The molecule has 0 radical (unpaired) electrons. The zero-order valence-electron chi connectivity index (χ0n) is 20.4. The molecule has 10 heteroatoms. The van der Waals surface area contributed by atoms with Gasteiger partial charge >= 0.3 is 0 Å². The average molecular weight is 512 g/mol. The molecule has 1 aliphatic carbocycles. The highest BCUT2D eigenvalue weighted by molar-refractivity contribution is 7.89. The fraction of sp³-hybridized carbons (Fsp3) is 0.500. The topological polar surface area (TPSA) is 127 Å². The molecule has 2 fully saturated rings. The van der Waals surface area contributed by atoms with E-state index in [1.807, 2.05) is 6.07 Å². The predicted octanol–water partition coefficient (Wildman–Crippen LogP) is 2.99. The molecule has 1 aromatic heterocycles. The Morgan fingerprint density at radius 2 is 1.97 bits per heavy atom. The lowest BCUT2D eigenvalue weighted by Gasteiger charge is -2.34. The van der Waals surface area contributed by atoms with Crippen molar-refractivity contribution in [2.75, 3.05) is 24.6 Å². The fourth-order valence-electron chi connectivity index (χ4n) is 5.40. The van der Waals surface area contributed by atoms with Gasteiger partial charge in [0.1, 0.15) is 17.4 Å². The Balaban J connectivity index is 1.23. The molecule has 1 saturated carbocycles. The summed E-state index contributed by atoms with van der Waals surface area (Å²) in [5.74, 6) is 1.38. The van der Waals surface area contributed by atoms with E-state index in [1.54, 1.807) is 30.5 Å². The van der Waals surface area contributed by atoms with Crippen molar-refractivity contribution in [2.24, 2.45) is 16.0 Å². The molecule has 192 valence electrons. The summed E-state index contributed by atoms with van der Waals surface area (Å²) in [4.78, 5) is 19.6. The van der Waals surface area contributed by atoms with Gasteiger partial charge in [0.05, 0.1) is 17.9 Å². The van der Waals surface area contributed by atoms with Crippen molar-refractivity contribution < 1.29 is 17.9 Å². The van der Waals surface area contributed by atoms with Crippen LogP contribution in [0, 0.1) is 5.92 Å². The number of anilines is 1. The highest BCUT2D eigenvalue weighted by Crippen LogP contribution is 2.30. The van der Waals surface area contributed by atoms with E-state index in [2.05, 4.69) is 19.6 Å². The zero-order chi connectivity index (χ0) is 25.1. The number of rotatable bonds is 6. The summed E-state index contributed by atoms with van der Waals surface area (Å²) in [6, 6.07) is 9.25. The SMILES string of the molecule is NC1=NS(=O)(=O)Cc2cccc(OC[C@H]3CCCN(c4cc(C(=O)NC5CCCCC5)ccn4)C3)c21. The Morgan fingerprint density at radius 3 is 2.81 bits per heavy atom. The number of fused-ring (bicyclic) bond motifs is 1. The molecule has 0 spiro atoms. The van der Waals surface area contributed by atoms with Gasteiger partial charge in [0, 0.05) is 36.8 Å². The van der Waals surface area contributed by atoms with Crippen molar-refractivity contribution in [1.82, 2.24) is 10.3 Å². The number of nitrogens with zero attached hydrogens (tertiary/aromatic N) is 3. The van der Waals surface area contributed by atoms with Crippen molar-refractivity contribution in [3.63, 3.8) is 0 Å². The van der Waals surface area contributed by atoms with Crippen LogP contribution in [-0.2, 0) is 15.8 Å². The first-order valence-corrected chi connectivity index (χ1v) is 14.3. The summed E-state index contributed by atoms with van der Waals surface area (Å²) in [5, 5.41) is 3.18. The predicted molar refractivity (Wildman–Crippen MR) is 139 cm³/mol. The lowest BCUT2D eigenvalue weighted by atomic mass is 9.95. The summed E-state index contributed by atoms with van der Waals surface area (Å²) in [5.41, 5.74) is 7.79. The number of amidine groups is 1. The number of amides is 1.